The SMILES string of the molecule is Cc1ncc(NC(=O)N2CC[C@@H](CC(F)(F)F)C2)cc1B1OC(C)(C)C(C)(C)O1. The number of pyridine rings is 1. The van der Waals surface area contributed by atoms with Crippen molar-refractivity contribution in [3.8, 4) is 0 Å². The summed E-state index contributed by atoms with van der Waals surface area (Å²) in [6, 6.07) is 1.31. The Morgan fingerprint density at radius 1 is 1.31 bits per heavy atom. The third kappa shape index (κ3) is 4.86. The third-order valence-electron chi connectivity index (χ3n) is 5.98. The average Bonchev–Trinajstić information content (AvgIpc) is 3.09. The maximum atomic E-state index is 12.6. The van der Waals surface area contributed by atoms with E-state index in [0.29, 0.717) is 29.8 Å². The Bertz CT molecular complexity index is 770. The summed E-state index contributed by atoms with van der Waals surface area (Å²) in [5.74, 6) is -0.558. The molecule has 2 amide bonds. The summed E-state index contributed by atoms with van der Waals surface area (Å²) in [4.78, 5) is 18.2. The molecule has 0 spiro atoms. The van der Waals surface area contributed by atoms with Crippen LogP contribution in [0, 0.1) is 12.8 Å². The lowest BCUT2D eigenvalue weighted by atomic mass is 9.78. The van der Waals surface area contributed by atoms with E-state index in [0.717, 1.165) is 0 Å². The van der Waals surface area contributed by atoms with Crippen molar-refractivity contribution >= 4 is 24.3 Å². The number of carbonyl (C=O) groups is 1. The van der Waals surface area contributed by atoms with Crippen LogP contribution in [-0.4, -0.2) is 53.5 Å². The van der Waals surface area contributed by atoms with Crippen LogP contribution < -0.4 is 10.8 Å². The highest BCUT2D eigenvalue weighted by molar-refractivity contribution is 6.62. The zero-order valence-electron chi connectivity index (χ0n) is 17.4. The van der Waals surface area contributed by atoms with Gasteiger partial charge in [0.1, 0.15) is 0 Å². The molecule has 160 valence electrons. The number of carbonyl (C=O) groups excluding carboxylic acids is 1. The molecule has 0 unspecified atom stereocenters. The fourth-order valence-corrected chi connectivity index (χ4v) is 3.54. The number of amides is 2. The van der Waals surface area contributed by atoms with E-state index in [1.54, 1.807) is 6.07 Å². The molecule has 0 aliphatic carbocycles. The number of rotatable bonds is 3. The minimum atomic E-state index is -4.21. The lowest BCUT2D eigenvalue weighted by molar-refractivity contribution is -0.143. The van der Waals surface area contributed by atoms with E-state index in [2.05, 4.69) is 10.3 Å². The first-order chi connectivity index (χ1) is 13.3. The third-order valence-corrected chi connectivity index (χ3v) is 5.98. The molecular formula is C19H27BF3N3O3. The first kappa shape index (κ1) is 21.9. The number of anilines is 1. The molecule has 3 rings (SSSR count). The number of nitrogens with one attached hydrogen (secondary N) is 1. The number of hydrogen-bond donors (Lipinski definition) is 1. The van der Waals surface area contributed by atoms with E-state index >= 15 is 0 Å². The summed E-state index contributed by atoms with van der Waals surface area (Å²) in [7, 11) is -0.618. The van der Waals surface area contributed by atoms with Crippen molar-refractivity contribution in [1.29, 1.82) is 0 Å². The average molecular weight is 413 g/mol. The lowest BCUT2D eigenvalue weighted by Crippen LogP contribution is -2.41. The molecule has 3 heterocycles. The van der Waals surface area contributed by atoms with Crippen molar-refractivity contribution in [1.82, 2.24) is 9.88 Å². The molecule has 0 aromatic carbocycles. The topological polar surface area (TPSA) is 63.7 Å². The molecule has 29 heavy (non-hydrogen) atoms. The van der Waals surface area contributed by atoms with E-state index < -0.39 is 42.9 Å². The van der Waals surface area contributed by atoms with E-state index in [9.17, 15) is 18.0 Å². The van der Waals surface area contributed by atoms with Crippen LogP contribution in [0.5, 0.6) is 0 Å². The molecule has 1 aromatic heterocycles. The number of nitrogens with zero attached hydrogens (tertiary/aromatic N) is 2. The minimum Gasteiger partial charge on any atom is -0.399 e. The van der Waals surface area contributed by atoms with Crippen LogP contribution in [0.3, 0.4) is 0 Å². The number of aromatic nitrogens is 1. The van der Waals surface area contributed by atoms with Crippen LogP contribution in [0.15, 0.2) is 12.3 Å². The van der Waals surface area contributed by atoms with Gasteiger partial charge < -0.3 is 19.5 Å². The smallest absolute Gasteiger partial charge is 0.399 e. The van der Waals surface area contributed by atoms with Gasteiger partial charge in [-0.05, 0) is 53.0 Å². The number of halogens is 3. The highest BCUT2D eigenvalue weighted by Gasteiger charge is 2.52. The summed E-state index contributed by atoms with van der Waals surface area (Å²) in [6.07, 6.45) is -3.21. The van der Waals surface area contributed by atoms with Gasteiger partial charge in [-0.25, -0.2) is 4.79 Å². The summed E-state index contributed by atoms with van der Waals surface area (Å²) in [6.45, 7) is 10.0. The largest absolute Gasteiger partial charge is 0.496 e. The van der Waals surface area contributed by atoms with Gasteiger partial charge in [0.25, 0.3) is 0 Å². The van der Waals surface area contributed by atoms with Gasteiger partial charge in [-0.1, -0.05) is 0 Å². The quantitative estimate of drug-likeness (QED) is 0.771. The first-order valence-corrected chi connectivity index (χ1v) is 9.72. The fraction of sp³-hybridized carbons (Fsp3) is 0.684. The molecule has 6 nitrogen and oxygen atoms in total. The predicted molar refractivity (Wildman–Crippen MR) is 104 cm³/mol. The van der Waals surface area contributed by atoms with Crippen molar-refractivity contribution in [3.05, 3.63) is 18.0 Å². The highest BCUT2D eigenvalue weighted by atomic mass is 19.4. The van der Waals surface area contributed by atoms with E-state index in [-0.39, 0.29) is 6.54 Å². The summed E-state index contributed by atoms with van der Waals surface area (Å²) < 4.78 is 49.8. The molecule has 10 heteroatoms. The van der Waals surface area contributed by atoms with Gasteiger partial charge in [0.2, 0.25) is 0 Å². The Labute approximate surface area is 169 Å². The van der Waals surface area contributed by atoms with Gasteiger partial charge in [-0.3, -0.25) is 4.98 Å². The van der Waals surface area contributed by atoms with Crippen LogP contribution in [0.25, 0.3) is 0 Å². The van der Waals surface area contributed by atoms with E-state index in [4.69, 9.17) is 9.31 Å². The van der Waals surface area contributed by atoms with Crippen molar-refractivity contribution in [2.45, 2.75) is 64.8 Å². The molecule has 2 saturated heterocycles. The predicted octanol–water partition coefficient (Wildman–Crippen LogP) is 3.50. The molecular weight excluding hydrogens is 386 g/mol. The van der Waals surface area contributed by atoms with Crippen LogP contribution in [0.1, 0.15) is 46.2 Å². The van der Waals surface area contributed by atoms with Crippen LogP contribution in [-0.2, 0) is 9.31 Å². The van der Waals surface area contributed by atoms with E-state index in [1.165, 1.54) is 11.1 Å². The second-order valence-corrected chi connectivity index (χ2v) is 8.84. The number of likely N-dealkylation sites (tertiary alicyclic amines) is 1. The Kier molecular flexibility index (Phi) is 5.64. The van der Waals surface area contributed by atoms with Crippen molar-refractivity contribution < 1.29 is 27.3 Å². The second-order valence-electron chi connectivity index (χ2n) is 8.84. The highest BCUT2D eigenvalue weighted by Crippen LogP contribution is 2.37. The van der Waals surface area contributed by atoms with E-state index in [1.807, 2.05) is 34.6 Å². The number of aryl methyl sites for hydroxylation is 1. The lowest BCUT2D eigenvalue weighted by Gasteiger charge is -2.32. The van der Waals surface area contributed by atoms with Crippen molar-refractivity contribution in [2.75, 3.05) is 18.4 Å². The Morgan fingerprint density at radius 2 is 1.93 bits per heavy atom. The van der Waals surface area contributed by atoms with Gasteiger partial charge in [0, 0.05) is 30.7 Å². The fourth-order valence-electron chi connectivity index (χ4n) is 3.54. The molecule has 0 bridgehead atoms. The Hall–Kier alpha value is -1.81. The van der Waals surface area contributed by atoms with Gasteiger partial charge in [-0.2, -0.15) is 13.2 Å². The number of alkyl halides is 3. The minimum absolute atomic E-state index is 0.0920. The molecule has 2 aliphatic heterocycles. The molecule has 2 fully saturated rings. The second kappa shape index (κ2) is 7.47. The Morgan fingerprint density at radius 3 is 2.52 bits per heavy atom. The molecule has 2 aliphatic rings. The summed E-state index contributed by atoms with van der Waals surface area (Å²) >= 11 is 0. The molecule has 1 N–H and O–H groups in total. The van der Waals surface area contributed by atoms with Crippen LogP contribution in [0.2, 0.25) is 0 Å². The number of urea groups is 1. The molecule has 0 radical (unpaired) electrons. The molecule has 1 atom stereocenters. The first-order valence-electron chi connectivity index (χ1n) is 9.72. The zero-order valence-corrected chi connectivity index (χ0v) is 17.4. The van der Waals surface area contributed by atoms with Crippen LogP contribution >= 0.6 is 0 Å². The zero-order chi connectivity index (χ0) is 21.6. The monoisotopic (exact) mass is 413 g/mol. The molecule has 1 aromatic rings. The standard InChI is InChI=1S/C19H27BF3N3O3/c1-12-15(20-28-17(2,3)18(4,5)29-20)8-14(10-24-12)25-16(27)26-7-6-13(11-26)9-19(21,22)23/h8,10,13H,6-7,9,11H2,1-5H3,(H,25,27)/t13-/m0/s1. The normalized spacial score (nSPS) is 23.5. The summed E-state index contributed by atoms with van der Waals surface area (Å²) in [5, 5.41) is 2.73. The van der Waals surface area contributed by atoms with Gasteiger partial charge in [0.15, 0.2) is 0 Å². The molecule has 0 saturated carbocycles. The number of hydrogen-bond acceptors (Lipinski definition) is 4. The van der Waals surface area contributed by atoms with Gasteiger partial charge in [0.05, 0.1) is 23.1 Å². The van der Waals surface area contributed by atoms with Gasteiger partial charge >= 0.3 is 19.3 Å². The van der Waals surface area contributed by atoms with Gasteiger partial charge in [-0.15, -0.1) is 0 Å². The van der Waals surface area contributed by atoms with Crippen molar-refractivity contribution in [2.24, 2.45) is 5.92 Å². The maximum Gasteiger partial charge on any atom is 0.496 e. The van der Waals surface area contributed by atoms with Crippen LogP contribution in [0.4, 0.5) is 23.7 Å². The maximum absolute atomic E-state index is 12.6. The van der Waals surface area contributed by atoms with Crippen molar-refractivity contribution in [3.63, 3.8) is 0 Å². The summed E-state index contributed by atoms with van der Waals surface area (Å²) in [5.41, 5.74) is 0.856. The Balaban J connectivity index is 1.67.